The van der Waals surface area contributed by atoms with Crippen molar-refractivity contribution in [2.45, 2.75) is 58.5 Å². The lowest BCUT2D eigenvalue weighted by molar-refractivity contribution is 0.195. The standard InChI is InChI=1S/C18H29NO/c1-13(2)17-10-5-6-11-18(17)19-14(3)15-8-7-9-16(12-15)20-4/h7-9,12-14,17-19H,5-6,10-11H2,1-4H3/t14-,17?,18?/m1/s1. The van der Waals surface area contributed by atoms with Crippen molar-refractivity contribution >= 4 is 0 Å². The number of methoxy groups -OCH3 is 1. The van der Waals surface area contributed by atoms with Crippen LogP contribution in [0.1, 0.15) is 58.1 Å². The summed E-state index contributed by atoms with van der Waals surface area (Å²) >= 11 is 0. The fraction of sp³-hybridized carbons (Fsp3) is 0.667. The van der Waals surface area contributed by atoms with E-state index < -0.39 is 0 Å². The Bertz CT molecular complexity index is 416. The second kappa shape index (κ2) is 7.12. The van der Waals surface area contributed by atoms with Crippen LogP contribution in [0.25, 0.3) is 0 Å². The topological polar surface area (TPSA) is 21.3 Å². The smallest absolute Gasteiger partial charge is 0.119 e. The lowest BCUT2D eigenvalue weighted by Gasteiger charge is -2.37. The van der Waals surface area contributed by atoms with Crippen molar-refractivity contribution in [2.24, 2.45) is 11.8 Å². The number of hydrogen-bond acceptors (Lipinski definition) is 2. The van der Waals surface area contributed by atoms with Gasteiger partial charge in [-0.3, -0.25) is 0 Å². The van der Waals surface area contributed by atoms with Crippen molar-refractivity contribution in [3.05, 3.63) is 29.8 Å². The van der Waals surface area contributed by atoms with Crippen LogP contribution in [0.2, 0.25) is 0 Å². The molecule has 0 heterocycles. The van der Waals surface area contributed by atoms with Gasteiger partial charge >= 0.3 is 0 Å². The summed E-state index contributed by atoms with van der Waals surface area (Å²) in [5, 5.41) is 3.86. The summed E-state index contributed by atoms with van der Waals surface area (Å²) < 4.78 is 5.33. The molecular weight excluding hydrogens is 246 g/mol. The van der Waals surface area contributed by atoms with Gasteiger partial charge in [-0.25, -0.2) is 0 Å². The second-order valence-electron chi connectivity index (χ2n) is 6.46. The zero-order valence-corrected chi connectivity index (χ0v) is 13.4. The SMILES string of the molecule is COc1cccc([C@@H](C)NC2CCCCC2C(C)C)c1. The van der Waals surface area contributed by atoms with E-state index in [4.69, 9.17) is 4.74 Å². The summed E-state index contributed by atoms with van der Waals surface area (Å²) in [6.07, 6.45) is 5.46. The van der Waals surface area contributed by atoms with Gasteiger partial charge in [0.1, 0.15) is 5.75 Å². The Kier molecular flexibility index (Phi) is 5.47. The van der Waals surface area contributed by atoms with Gasteiger partial charge in [0.15, 0.2) is 0 Å². The van der Waals surface area contributed by atoms with E-state index >= 15 is 0 Å². The Morgan fingerprint density at radius 3 is 2.60 bits per heavy atom. The lowest BCUT2D eigenvalue weighted by atomic mass is 9.77. The Morgan fingerprint density at radius 1 is 1.15 bits per heavy atom. The molecule has 20 heavy (non-hydrogen) atoms. The van der Waals surface area contributed by atoms with Gasteiger partial charge in [0.2, 0.25) is 0 Å². The molecule has 2 rings (SSSR count). The van der Waals surface area contributed by atoms with E-state index in [0.29, 0.717) is 12.1 Å². The van der Waals surface area contributed by atoms with Gasteiger partial charge in [0, 0.05) is 12.1 Å². The predicted octanol–water partition coefficient (Wildman–Crippen LogP) is 4.56. The van der Waals surface area contributed by atoms with Crippen LogP contribution >= 0.6 is 0 Å². The highest BCUT2D eigenvalue weighted by molar-refractivity contribution is 5.30. The van der Waals surface area contributed by atoms with Crippen LogP contribution in [-0.4, -0.2) is 13.2 Å². The number of nitrogens with one attached hydrogen (secondary N) is 1. The molecule has 1 saturated carbocycles. The number of hydrogen-bond donors (Lipinski definition) is 1. The zero-order chi connectivity index (χ0) is 14.5. The van der Waals surface area contributed by atoms with Crippen LogP contribution < -0.4 is 10.1 Å². The Labute approximate surface area is 123 Å². The first-order valence-electron chi connectivity index (χ1n) is 8.01. The van der Waals surface area contributed by atoms with E-state index in [0.717, 1.165) is 17.6 Å². The van der Waals surface area contributed by atoms with Crippen LogP contribution in [0.4, 0.5) is 0 Å². The van der Waals surface area contributed by atoms with Crippen molar-refractivity contribution in [3.63, 3.8) is 0 Å². The largest absolute Gasteiger partial charge is 0.497 e. The highest BCUT2D eigenvalue weighted by Crippen LogP contribution is 2.32. The summed E-state index contributed by atoms with van der Waals surface area (Å²) in [6, 6.07) is 9.46. The Hall–Kier alpha value is -1.02. The maximum atomic E-state index is 5.33. The summed E-state index contributed by atoms with van der Waals surface area (Å²) in [6.45, 7) is 6.99. The molecular formula is C18H29NO. The molecule has 1 aliphatic rings. The maximum absolute atomic E-state index is 5.33. The van der Waals surface area contributed by atoms with E-state index in [2.05, 4.69) is 44.3 Å². The van der Waals surface area contributed by atoms with E-state index in [1.54, 1.807) is 7.11 Å². The zero-order valence-electron chi connectivity index (χ0n) is 13.4. The first-order valence-corrected chi connectivity index (χ1v) is 8.01. The van der Waals surface area contributed by atoms with Crippen LogP contribution in [0.15, 0.2) is 24.3 Å². The normalized spacial score (nSPS) is 24.6. The predicted molar refractivity (Wildman–Crippen MR) is 85.1 cm³/mol. The third kappa shape index (κ3) is 3.76. The molecule has 3 atom stereocenters. The third-order valence-electron chi connectivity index (χ3n) is 4.73. The fourth-order valence-corrected chi connectivity index (χ4v) is 3.49. The van der Waals surface area contributed by atoms with Gasteiger partial charge in [0.25, 0.3) is 0 Å². The fourth-order valence-electron chi connectivity index (χ4n) is 3.49. The molecule has 0 amide bonds. The molecule has 2 nitrogen and oxygen atoms in total. The molecule has 1 N–H and O–H groups in total. The van der Waals surface area contributed by atoms with Crippen molar-refractivity contribution in [1.82, 2.24) is 5.32 Å². The Balaban J connectivity index is 2.03. The summed E-state index contributed by atoms with van der Waals surface area (Å²) in [7, 11) is 1.73. The first kappa shape index (κ1) is 15.4. The van der Waals surface area contributed by atoms with Gasteiger partial charge < -0.3 is 10.1 Å². The van der Waals surface area contributed by atoms with Gasteiger partial charge in [0.05, 0.1) is 7.11 Å². The van der Waals surface area contributed by atoms with Gasteiger partial charge in [-0.05, 0) is 49.3 Å². The van der Waals surface area contributed by atoms with E-state index in [1.807, 2.05) is 6.07 Å². The van der Waals surface area contributed by atoms with E-state index in [1.165, 1.54) is 31.2 Å². The molecule has 0 bridgehead atoms. The molecule has 2 heteroatoms. The third-order valence-corrected chi connectivity index (χ3v) is 4.73. The van der Waals surface area contributed by atoms with Gasteiger partial charge in [-0.1, -0.05) is 38.8 Å². The maximum Gasteiger partial charge on any atom is 0.119 e. The highest BCUT2D eigenvalue weighted by Gasteiger charge is 2.28. The quantitative estimate of drug-likeness (QED) is 0.850. The lowest BCUT2D eigenvalue weighted by Crippen LogP contribution is -2.42. The minimum absolute atomic E-state index is 0.384. The minimum atomic E-state index is 0.384. The van der Waals surface area contributed by atoms with E-state index in [-0.39, 0.29) is 0 Å². The average molecular weight is 275 g/mol. The van der Waals surface area contributed by atoms with Crippen LogP contribution in [0, 0.1) is 11.8 Å². The summed E-state index contributed by atoms with van der Waals surface area (Å²) in [4.78, 5) is 0. The van der Waals surface area contributed by atoms with Crippen LogP contribution in [0.5, 0.6) is 5.75 Å². The second-order valence-corrected chi connectivity index (χ2v) is 6.46. The molecule has 0 aromatic heterocycles. The molecule has 2 unspecified atom stereocenters. The van der Waals surface area contributed by atoms with Gasteiger partial charge in [-0.2, -0.15) is 0 Å². The molecule has 0 spiro atoms. The molecule has 1 aromatic carbocycles. The summed E-state index contributed by atoms with van der Waals surface area (Å²) in [5.74, 6) is 2.53. The molecule has 1 aromatic rings. The van der Waals surface area contributed by atoms with Crippen LogP contribution in [0.3, 0.4) is 0 Å². The molecule has 1 aliphatic carbocycles. The Morgan fingerprint density at radius 2 is 1.90 bits per heavy atom. The minimum Gasteiger partial charge on any atom is -0.497 e. The molecule has 0 radical (unpaired) electrons. The monoisotopic (exact) mass is 275 g/mol. The molecule has 0 saturated heterocycles. The summed E-state index contributed by atoms with van der Waals surface area (Å²) in [5.41, 5.74) is 1.32. The van der Waals surface area contributed by atoms with Crippen molar-refractivity contribution in [3.8, 4) is 5.75 Å². The molecule has 0 aliphatic heterocycles. The number of rotatable bonds is 5. The van der Waals surface area contributed by atoms with E-state index in [9.17, 15) is 0 Å². The first-order chi connectivity index (χ1) is 9.61. The van der Waals surface area contributed by atoms with Crippen molar-refractivity contribution in [2.75, 3.05) is 7.11 Å². The van der Waals surface area contributed by atoms with Gasteiger partial charge in [-0.15, -0.1) is 0 Å². The van der Waals surface area contributed by atoms with Crippen molar-refractivity contribution in [1.29, 1.82) is 0 Å². The van der Waals surface area contributed by atoms with Crippen LogP contribution in [-0.2, 0) is 0 Å². The van der Waals surface area contributed by atoms with Crippen molar-refractivity contribution < 1.29 is 4.74 Å². The molecule has 112 valence electrons. The average Bonchev–Trinajstić information content (AvgIpc) is 2.47. The number of benzene rings is 1. The molecule has 1 fully saturated rings. The highest BCUT2D eigenvalue weighted by atomic mass is 16.5. The number of ether oxygens (including phenoxy) is 1.